The zero-order valence-corrected chi connectivity index (χ0v) is 12.5. The summed E-state index contributed by atoms with van der Waals surface area (Å²) in [7, 11) is -3.66. The van der Waals surface area contributed by atoms with Crippen molar-refractivity contribution in [1.29, 1.82) is 0 Å². The third-order valence-electron chi connectivity index (χ3n) is 2.57. The van der Waals surface area contributed by atoms with Gasteiger partial charge in [0.1, 0.15) is 4.90 Å². The van der Waals surface area contributed by atoms with Crippen LogP contribution in [0.5, 0.6) is 0 Å². The van der Waals surface area contributed by atoms with Crippen LogP contribution >= 0.6 is 35.6 Å². The number of hydrogen-bond acceptors (Lipinski definition) is 3. The van der Waals surface area contributed by atoms with Crippen molar-refractivity contribution in [3.63, 3.8) is 0 Å². The highest BCUT2D eigenvalue weighted by molar-refractivity contribution is 7.89. The summed E-state index contributed by atoms with van der Waals surface area (Å²) in [5.74, 6) is 0. The summed E-state index contributed by atoms with van der Waals surface area (Å²) in [5.41, 5.74) is 0. The molecule has 0 spiro atoms. The summed E-state index contributed by atoms with van der Waals surface area (Å²) in [6, 6.07) is 4.53. The van der Waals surface area contributed by atoms with E-state index in [0.717, 1.165) is 13.0 Å². The van der Waals surface area contributed by atoms with Crippen LogP contribution in [0.3, 0.4) is 0 Å². The van der Waals surface area contributed by atoms with Gasteiger partial charge in [-0.05, 0) is 25.1 Å². The molecule has 4 nitrogen and oxygen atoms in total. The molecule has 0 bridgehead atoms. The first-order valence-corrected chi connectivity index (χ1v) is 7.41. The SMILES string of the molecule is Cl.O=S(=O)(NC1CCNC1)c1c(Cl)cccc1Cl. The minimum Gasteiger partial charge on any atom is -0.315 e. The van der Waals surface area contributed by atoms with E-state index in [2.05, 4.69) is 10.0 Å². The highest BCUT2D eigenvalue weighted by atomic mass is 35.5. The van der Waals surface area contributed by atoms with Gasteiger partial charge in [0.2, 0.25) is 10.0 Å². The van der Waals surface area contributed by atoms with Gasteiger partial charge in [0.25, 0.3) is 0 Å². The predicted octanol–water partition coefficient (Wildman–Crippen LogP) is 2.06. The Morgan fingerprint density at radius 2 is 1.89 bits per heavy atom. The predicted molar refractivity (Wildman–Crippen MR) is 75.3 cm³/mol. The summed E-state index contributed by atoms with van der Waals surface area (Å²) >= 11 is 11.8. The van der Waals surface area contributed by atoms with Crippen molar-refractivity contribution in [3.8, 4) is 0 Å². The molecule has 0 amide bonds. The summed E-state index contributed by atoms with van der Waals surface area (Å²) in [6.07, 6.45) is 0.765. The van der Waals surface area contributed by atoms with Crippen molar-refractivity contribution in [2.75, 3.05) is 13.1 Å². The first-order valence-electron chi connectivity index (χ1n) is 5.18. The van der Waals surface area contributed by atoms with Gasteiger partial charge in [0.05, 0.1) is 10.0 Å². The number of halogens is 3. The molecule has 1 aliphatic rings. The maximum absolute atomic E-state index is 12.1. The van der Waals surface area contributed by atoms with Crippen LogP contribution < -0.4 is 10.0 Å². The first kappa shape index (κ1) is 16.0. The molecule has 1 heterocycles. The van der Waals surface area contributed by atoms with Gasteiger partial charge in [0.15, 0.2) is 0 Å². The van der Waals surface area contributed by atoms with Gasteiger partial charge in [-0.2, -0.15) is 0 Å². The normalized spacial score (nSPS) is 19.6. The summed E-state index contributed by atoms with van der Waals surface area (Å²) in [6.45, 7) is 1.44. The van der Waals surface area contributed by atoms with Crippen LogP contribution in [0.15, 0.2) is 23.1 Å². The fourth-order valence-corrected chi connectivity index (χ4v) is 4.19. The third kappa shape index (κ3) is 3.50. The molecule has 1 aliphatic heterocycles. The van der Waals surface area contributed by atoms with E-state index < -0.39 is 10.0 Å². The topological polar surface area (TPSA) is 58.2 Å². The minimum absolute atomic E-state index is 0. The second kappa shape index (κ2) is 6.41. The fraction of sp³-hybridized carbons (Fsp3) is 0.400. The van der Waals surface area contributed by atoms with Crippen molar-refractivity contribution in [2.24, 2.45) is 0 Å². The Morgan fingerprint density at radius 3 is 2.39 bits per heavy atom. The molecule has 0 aromatic heterocycles. The van der Waals surface area contributed by atoms with Gasteiger partial charge in [-0.1, -0.05) is 29.3 Å². The van der Waals surface area contributed by atoms with E-state index in [1.165, 1.54) is 12.1 Å². The van der Waals surface area contributed by atoms with Gasteiger partial charge < -0.3 is 5.32 Å². The monoisotopic (exact) mass is 330 g/mol. The van der Waals surface area contributed by atoms with E-state index in [9.17, 15) is 8.42 Å². The third-order valence-corrected chi connectivity index (χ3v) is 5.04. The number of nitrogens with one attached hydrogen (secondary N) is 2. The quantitative estimate of drug-likeness (QED) is 0.891. The number of rotatable bonds is 3. The second-order valence-corrected chi connectivity index (χ2v) is 6.33. The van der Waals surface area contributed by atoms with E-state index >= 15 is 0 Å². The van der Waals surface area contributed by atoms with Crippen LogP contribution in [0.4, 0.5) is 0 Å². The molecular formula is C10H13Cl3N2O2S. The largest absolute Gasteiger partial charge is 0.315 e. The van der Waals surface area contributed by atoms with E-state index in [4.69, 9.17) is 23.2 Å². The molecule has 18 heavy (non-hydrogen) atoms. The van der Waals surface area contributed by atoms with Crippen molar-refractivity contribution in [2.45, 2.75) is 17.4 Å². The molecule has 1 aromatic rings. The Bertz CT molecular complexity index is 496. The molecular weight excluding hydrogens is 319 g/mol. The van der Waals surface area contributed by atoms with E-state index in [0.29, 0.717) is 6.54 Å². The lowest BCUT2D eigenvalue weighted by Crippen LogP contribution is -2.36. The highest BCUT2D eigenvalue weighted by Gasteiger charge is 2.26. The maximum atomic E-state index is 12.1. The smallest absolute Gasteiger partial charge is 0.243 e. The molecule has 1 saturated heterocycles. The molecule has 0 aliphatic carbocycles. The number of sulfonamides is 1. The number of hydrogen-bond donors (Lipinski definition) is 2. The van der Waals surface area contributed by atoms with Crippen LogP contribution in [-0.2, 0) is 10.0 Å². The molecule has 1 atom stereocenters. The van der Waals surface area contributed by atoms with Gasteiger partial charge in [0, 0.05) is 12.6 Å². The Labute approximate surface area is 123 Å². The molecule has 0 radical (unpaired) electrons. The minimum atomic E-state index is -3.66. The van der Waals surface area contributed by atoms with Gasteiger partial charge in [-0.3, -0.25) is 0 Å². The van der Waals surface area contributed by atoms with Gasteiger partial charge >= 0.3 is 0 Å². The molecule has 2 rings (SSSR count). The van der Waals surface area contributed by atoms with Gasteiger partial charge in [-0.25, -0.2) is 13.1 Å². The van der Waals surface area contributed by atoms with Crippen molar-refractivity contribution >= 4 is 45.6 Å². The molecule has 1 unspecified atom stereocenters. The highest BCUT2D eigenvalue weighted by Crippen LogP contribution is 2.29. The lowest BCUT2D eigenvalue weighted by Gasteiger charge is -2.13. The molecule has 0 saturated carbocycles. The van der Waals surface area contributed by atoms with Crippen LogP contribution in [0.1, 0.15) is 6.42 Å². The molecule has 102 valence electrons. The Hall–Kier alpha value is -0.0400. The van der Waals surface area contributed by atoms with Crippen LogP contribution in [0.25, 0.3) is 0 Å². The van der Waals surface area contributed by atoms with Crippen molar-refractivity contribution in [1.82, 2.24) is 10.0 Å². The summed E-state index contributed by atoms with van der Waals surface area (Å²) in [5, 5.41) is 3.35. The second-order valence-electron chi connectivity index (χ2n) is 3.86. The van der Waals surface area contributed by atoms with Gasteiger partial charge in [-0.15, -0.1) is 12.4 Å². The molecule has 1 aromatic carbocycles. The first-order chi connectivity index (χ1) is 8.00. The van der Waals surface area contributed by atoms with E-state index in [1.54, 1.807) is 6.07 Å². The molecule has 2 N–H and O–H groups in total. The molecule has 8 heteroatoms. The number of benzene rings is 1. The summed E-state index contributed by atoms with van der Waals surface area (Å²) in [4.78, 5) is -0.0461. The zero-order chi connectivity index (χ0) is 12.5. The maximum Gasteiger partial charge on any atom is 0.243 e. The zero-order valence-electron chi connectivity index (χ0n) is 9.32. The lowest BCUT2D eigenvalue weighted by atomic mass is 10.3. The Balaban J connectivity index is 0.00000162. The Morgan fingerprint density at radius 1 is 1.28 bits per heavy atom. The molecule has 1 fully saturated rings. The Kier molecular flexibility index (Phi) is 5.70. The standard InChI is InChI=1S/C10H12Cl2N2O2S.ClH/c11-8-2-1-3-9(12)10(8)17(15,16)14-7-4-5-13-6-7;/h1-3,7,13-14H,4-6H2;1H. The average molecular weight is 332 g/mol. The van der Waals surface area contributed by atoms with Crippen LogP contribution in [0.2, 0.25) is 10.0 Å². The van der Waals surface area contributed by atoms with Crippen LogP contribution in [-0.4, -0.2) is 27.5 Å². The summed E-state index contributed by atoms with van der Waals surface area (Å²) < 4.78 is 26.8. The van der Waals surface area contributed by atoms with Crippen molar-refractivity contribution < 1.29 is 8.42 Å². The van der Waals surface area contributed by atoms with Crippen LogP contribution in [0, 0.1) is 0 Å². The average Bonchev–Trinajstić information content (AvgIpc) is 2.68. The van der Waals surface area contributed by atoms with E-state index in [1.807, 2.05) is 0 Å². The fourth-order valence-electron chi connectivity index (χ4n) is 1.77. The van der Waals surface area contributed by atoms with E-state index in [-0.39, 0.29) is 33.4 Å². The van der Waals surface area contributed by atoms with Crippen molar-refractivity contribution in [3.05, 3.63) is 28.2 Å². The lowest BCUT2D eigenvalue weighted by molar-refractivity contribution is 0.560.